The Morgan fingerprint density at radius 3 is 1.20 bits per heavy atom. The molecule has 0 saturated carbocycles. The molecular formula is C32H28CrN8NaO4+. The number of aromatic hydroxyl groups is 2. The normalized spacial score (nSPS) is 10.7. The molecule has 0 fully saturated rings. The fourth-order valence-corrected chi connectivity index (χ4v) is 4.13. The van der Waals surface area contributed by atoms with Gasteiger partial charge in [0.15, 0.2) is 11.4 Å². The van der Waals surface area contributed by atoms with Crippen LogP contribution in [0.3, 0.4) is 0 Å². The summed E-state index contributed by atoms with van der Waals surface area (Å²) in [5.41, 5.74) is 3.13. The number of aromatic amines is 2. The van der Waals surface area contributed by atoms with E-state index in [2.05, 4.69) is 30.7 Å². The maximum Gasteiger partial charge on any atom is 1.00 e. The Balaban J connectivity index is 0.000000240. The van der Waals surface area contributed by atoms with Crippen molar-refractivity contribution < 1.29 is 57.1 Å². The molecule has 6 aromatic rings. The molecule has 0 aliphatic rings. The zero-order valence-corrected chi connectivity index (χ0v) is 28.5. The van der Waals surface area contributed by atoms with Gasteiger partial charge in [-0.1, -0.05) is 60.7 Å². The number of aryl methyl sites for hydroxylation is 2. The van der Waals surface area contributed by atoms with Crippen LogP contribution in [-0.2, 0) is 17.4 Å². The van der Waals surface area contributed by atoms with E-state index in [1.54, 1.807) is 50.2 Å². The molecule has 0 aliphatic heterocycles. The fraction of sp³-hybridized carbons (Fsp3) is 0.0625. The molecule has 6 rings (SSSR count). The Morgan fingerprint density at radius 2 is 0.848 bits per heavy atom. The van der Waals surface area contributed by atoms with Crippen molar-refractivity contribution in [3.05, 3.63) is 141 Å². The van der Waals surface area contributed by atoms with Gasteiger partial charge in [-0.05, 0) is 62.4 Å². The molecule has 0 bridgehead atoms. The third kappa shape index (κ3) is 8.28. The zero-order valence-electron chi connectivity index (χ0n) is 25.2. The minimum Gasteiger partial charge on any atom is -0.506 e. The summed E-state index contributed by atoms with van der Waals surface area (Å²) in [6.07, 6.45) is 0. The van der Waals surface area contributed by atoms with Crippen molar-refractivity contribution in [2.75, 3.05) is 0 Å². The van der Waals surface area contributed by atoms with Gasteiger partial charge in [0.25, 0.3) is 11.1 Å². The topological polar surface area (TPSA) is 165 Å². The number of rotatable bonds is 6. The Labute approximate surface area is 296 Å². The summed E-state index contributed by atoms with van der Waals surface area (Å²) < 4.78 is 2.82. The molecule has 0 radical (unpaired) electrons. The average Bonchev–Trinajstić information content (AvgIpc) is 3.50. The van der Waals surface area contributed by atoms with E-state index in [9.17, 15) is 19.8 Å². The molecule has 12 nitrogen and oxygen atoms in total. The van der Waals surface area contributed by atoms with Crippen LogP contribution < -0.4 is 40.7 Å². The van der Waals surface area contributed by atoms with E-state index >= 15 is 0 Å². The largest absolute Gasteiger partial charge is 1.00 e. The van der Waals surface area contributed by atoms with Crippen molar-refractivity contribution in [1.29, 1.82) is 0 Å². The van der Waals surface area contributed by atoms with Crippen molar-refractivity contribution >= 4 is 22.7 Å². The van der Waals surface area contributed by atoms with Crippen LogP contribution in [0.4, 0.5) is 22.7 Å². The number of hydrogen-bond acceptors (Lipinski definition) is 8. The van der Waals surface area contributed by atoms with Crippen LogP contribution in [0, 0.1) is 13.8 Å². The van der Waals surface area contributed by atoms with Crippen molar-refractivity contribution in [3.8, 4) is 22.9 Å². The number of H-pyrrole nitrogens is 2. The number of nitrogens with zero attached hydrogens (tertiary/aromatic N) is 6. The zero-order chi connectivity index (χ0) is 31.1. The van der Waals surface area contributed by atoms with E-state index in [0.29, 0.717) is 22.8 Å². The minimum absolute atomic E-state index is 0. The van der Waals surface area contributed by atoms with Gasteiger partial charge in [0.05, 0.1) is 22.8 Å². The van der Waals surface area contributed by atoms with Crippen LogP contribution in [0.5, 0.6) is 11.5 Å². The Hall–Kier alpha value is -4.77. The van der Waals surface area contributed by atoms with Crippen molar-refractivity contribution in [1.82, 2.24) is 19.6 Å². The molecule has 46 heavy (non-hydrogen) atoms. The third-order valence-electron chi connectivity index (χ3n) is 6.39. The van der Waals surface area contributed by atoms with E-state index in [0.717, 1.165) is 11.4 Å². The van der Waals surface area contributed by atoms with E-state index in [1.165, 1.54) is 21.5 Å². The van der Waals surface area contributed by atoms with Gasteiger partial charge in [-0.25, -0.2) is 9.36 Å². The summed E-state index contributed by atoms with van der Waals surface area (Å²) >= 11 is 0. The molecule has 4 aromatic carbocycles. The maximum absolute atomic E-state index is 12.4. The molecule has 2 aromatic heterocycles. The fourth-order valence-electron chi connectivity index (χ4n) is 4.13. The van der Waals surface area contributed by atoms with Gasteiger partial charge in [0, 0.05) is 17.4 Å². The van der Waals surface area contributed by atoms with Crippen LogP contribution in [0.2, 0.25) is 0 Å². The Morgan fingerprint density at radius 1 is 0.522 bits per heavy atom. The van der Waals surface area contributed by atoms with Gasteiger partial charge < -0.3 is 10.2 Å². The number of azo groups is 2. The third-order valence-corrected chi connectivity index (χ3v) is 6.39. The molecule has 0 spiro atoms. The number of benzene rings is 4. The molecule has 4 N–H and O–H groups in total. The Bertz CT molecular complexity index is 1920. The van der Waals surface area contributed by atoms with E-state index in [4.69, 9.17) is 0 Å². The second-order valence-corrected chi connectivity index (χ2v) is 9.50. The maximum atomic E-state index is 12.4. The van der Waals surface area contributed by atoms with Gasteiger partial charge in [-0.15, -0.1) is 20.5 Å². The smallest absolute Gasteiger partial charge is 0.506 e. The number of phenolic OH excluding ortho intramolecular Hbond substituents is 2. The predicted octanol–water partition coefficient (Wildman–Crippen LogP) is 4.19. The number of nitrogens with one attached hydrogen (secondary N) is 2. The van der Waals surface area contributed by atoms with Gasteiger partial charge in [-0.2, -0.15) is 0 Å². The molecule has 0 unspecified atom stereocenters. The summed E-state index contributed by atoms with van der Waals surface area (Å²) in [5, 5.41) is 41.1. The standard InChI is InChI=1S/2C16H14N4O2.Cr.Na/c2*1-11-15(18-17-13-9-5-6-10-14(13)21)16(22)20(19-11)12-7-3-2-4-8-12;;/h2*2-10,19,21H,1H3;;/q;;;+1. The monoisotopic (exact) mass is 663 g/mol. The quantitative estimate of drug-likeness (QED) is 0.155. The first-order valence-electron chi connectivity index (χ1n) is 13.5. The predicted molar refractivity (Wildman–Crippen MR) is 167 cm³/mol. The summed E-state index contributed by atoms with van der Waals surface area (Å²) in [5.74, 6) is 0.0330. The Kier molecular flexibility index (Phi) is 12.8. The molecule has 0 aliphatic carbocycles. The van der Waals surface area contributed by atoms with Crippen LogP contribution in [0.15, 0.2) is 139 Å². The molecule has 2 heterocycles. The van der Waals surface area contributed by atoms with Crippen molar-refractivity contribution in [3.63, 3.8) is 0 Å². The van der Waals surface area contributed by atoms with Crippen LogP contribution in [0.25, 0.3) is 11.4 Å². The van der Waals surface area contributed by atoms with Crippen LogP contribution >= 0.6 is 0 Å². The summed E-state index contributed by atoms with van der Waals surface area (Å²) in [4.78, 5) is 24.8. The first-order valence-corrected chi connectivity index (χ1v) is 13.5. The molecule has 0 amide bonds. The number of hydrogen-bond donors (Lipinski definition) is 4. The van der Waals surface area contributed by atoms with Crippen LogP contribution in [-0.4, -0.2) is 29.8 Å². The first-order chi connectivity index (χ1) is 21.3. The summed E-state index contributed by atoms with van der Waals surface area (Å²) in [6.45, 7) is 3.50. The van der Waals surface area contributed by atoms with Crippen molar-refractivity contribution in [2.45, 2.75) is 13.8 Å². The minimum atomic E-state index is -0.289. The molecule has 14 heteroatoms. The number of phenols is 2. The van der Waals surface area contributed by atoms with Gasteiger partial charge in [0.1, 0.15) is 22.9 Å². The van der Waals surface area contributed by atoms with E-state index in [1.807, 2.05) is 60.7 Å². The van der Waals surface area contributed by atoms with Gasteiger partial charge in [0.2, 0.25) is 0 Å². The summed E-state index contributed by atoms with van der Waals surface area (Å²) in [7, 11) is 0. The molecule has 226 valence electrons. The first kappa shape index (κ1) is 35.7. The second kappa shape index (κ2) is 16.5. The van der Waals surface area contributed by atoms with Gasteiger partial charge in [-0.3, -0.25) is 19.8 Å². The van der Waals surface area contributed by atoms with E-state index in [-0.39, 0.29) is 80.9 Å². The van der Waals surface area contributed by atoms with E-state index < -0.39 is 0 Å². The molecule has 0 atom stereocenters. The second-order valence-electron chi connectivity index (χ2n) is 9.50. The SMILES string of the molecule is Cc1[nH]n(-c2ccccc2)c(=O)c1N=Nc1ccccc1O.Cc1[nH]n(-c2ccccc2)c(=O)c1N=Nc1ccccc1O.[Cr].[Na+]. The average molecular weight is 664 g/mol. The summed E-state index contributed by atoms with van der Waals surface area (Å²) in [6, 6.07) is 31.6. The molecule has 0 saturated heterocycles. The van der Waals surface area contributed by atoms with Gasteiger partial charge >= 0.3 is 29.6 Å². The van der Waals surface area contributed by atoms with Crippen LogP contribution in [0.1, 0.15) is 11.4 Å². The number of aromatic nitrogens is 4. The number of para-hydroxylation sites is 4. The van der Waals surface area contributed by atoms with Crippen molar-refractivity contribution in [2.24, 2.45) is 20.5 Å². The molecular weight excluding hydrogens is 635 g/mol.